The Kier molecular flexibility index (Phi) is 2.69. The molecule has 0 aliphatic carbocycles. The van der Waals surface area contributed by atoms with Crippen LogP contribution < -0.4 is 0 Å². The molecule has 0 unspecified atom stereocenters. The Morgan fingerprint density at radius 3 is 3.38 bits per heavy atom. The van der Waals surface area contributed by atoms with Crippen molar-refractivity contribution in [2.24, 2.45) is 0 Å². The molecule has 0 aromatic rings. The zero-order chi connectivity index (χ0) is 9.26. The predicted molar refractivity (Wildman–Crippen MR) is 58.4 cm³/mol. The zero-order valence-corrected chi connectivity index (χ0v) is 8.87. The minimum Gasteiger partial charge on any atom is -0.305 e. The summed E-state index contributed by atoms with van der Waals surface area (Å²) in [7, 11) is 0. The molecule has 0 radical (unpaired) electrons. The molecule has 1 atom stereocenters. The molecule has 0 bridgehead atoms. The lowest BCUT2D eigenvalue weighted by Crippen LogP contribution is -2.48. The zero-order valence-electron chi connectivity index (χ0n) is 7.23. The van der Waals surface area contributed by atoms with Crippen molar-refractivity contribution in [3.8, 4) is 0 Å². The normalized spacial score (nSPS) is 26.2. The monoisotopic (exact) mass is 213 g/mol. The number of fused-ring (bicyclic) bond motifs is 1. The van der Waals surface area contributed by atoms with Crippen LogP contribution in [0.2, 0.25) is 0 Å². The van der Waals surface area contributed by atoms with Crippen molar-refractivity contribution in [3.05, 3.63) is 23.8 Å². The first kappa shape index (κ1) is 9.21. The highest BCUT2D eigenvalue weighted by Crippen LogP contribution is 2.38. The smallest absolute Gasteiger partial charge is 0.230 e. The summed E-state index contributed by atoms with van der Waals surface area (Å²) in [6.07, 6.45) is 4.61. The Hall–Kier alpha value is -0.350. The molecule has 0 aromatic carbocycles. The molecule has 70 valence electrons. The predicted octanol–water partition coefficient (Wildman–Crippen LogP) is 2.05. The van der Waals surface area contributed by atoms with Crippen LogP contribution in [0.3, 0.4) is 0 Å². The van der Waals surface area contributed by atoms with Gasteiger partial charge >= 0.3 is 0 Å². The number of hydrogen-bond donors (Lipinski definition) is 0. The summed E-state index contributed by atoms with van der Waals surface area (Å²) < 4.78 is 0. The summed E-state index contributed by atoms with van der Waals surface area (Å²) in [6, 6.07) is 0. The summed E-state index contributed by atoms with van der Waals surface area (Å²) in [5.41, 5.74) is 0. The van der Waals surface area contributed by atoms with E-state index in [-0.39, 0.29) is 5.91 Å². The fraction of sp³-hybridized carbons (Fsp3) is 0.444. The van der Waals surface area contributed by atoms with E-state index in [2.05, 4.69) is 6.58 Å². The number of thioether (sulfide) groups is 2. The standard InChI is InChI=1S/C9H11NOS2/c1-2-3-12-7-5-10-8(11)4-9(10)13-6-7/h2,5,9H,1,3-4,6H2/t9-/m0/s1. The molecular weight excluding hydrogens is 202 g/mol. The molecule has 0 N–H and O–H groups in total. The summed E-state index contributed by atoms with van der Waals surface area (Å²) in [5, 5.41) is 0.431. The Bertz CT molecular complexity index is 275. The summed E-state index contributed by atoms with van der Waals surface area (Å²) in [6.45, 7) is 3.67. The molecule has 1 amide bonds. The topological polar surface area (TPSA) is 20.3 Å². The van der Waals surface area contributed by atoms with Gasteiger partial charge in [-0.25, -0.2) is 0 Å². The number of amides is 1. The third-order valence-corrected chi connectivity index (χ3v) is 4.50. The van der Waals surface area contributed by atoms with Gasteiger partial charge in [-0.15, -0.1) is 30.1 Å². The molecule has 4 heteroatoms. The Morgan fingerprint density at radius 1 is 1.85 bits per heavy atom. The van der Waals surface area contributed by atoms with E-state index >= 15 is 0 Å². The van der Waals surface area contributed by atoms with Crippen LogP contribution in [0.25, 0.3) is 0 Å². The summed E-state index contributed by atoms with van der Waals surface area (Å²) in [4.78, 5) is 14.3. The molecule has 1 saturated heterocycles. The molecule has 2 aliphatic heterocycles. The average Bonchev–Trinajstić information content (AvgIpc) is 2.14. The van der Waals surface area contributed by atoms with Gasteiger partial charge in [0.05, 0.1) is 11.8 Å². The van der Waals surface area contributed by atoms with E-state index in [0.29, 0.717) is 5.37 Å². The maximum absolute atomic E-state index is 11.1. The highest BCUT2D eigenvalue weighted by atomic mass is 32.2. The molecule has 0 saturated carbocycles. The molecule has 2 heterocycles. The fourth-order valence-electron chi connectivity index (χ4n) is 1.31. The number of nitrogens with zero attached hydrogens (tertiary/aromatic N) is 1. The SMILES string of the molecule is C=CCSC1=CN2C(=O)C[C@@H]2SC1. The van der Waals surface area contributed by atoms with Gasteiger partial charge in [0.1, 0.15) is 0 Å². The Balaban J connectivity index is 1.97. The molecule has 13 heavy (non-hydrogen) atoms. The first-order valence-corrected chi connectivity index (χ1v) is 6.22. The van der Waals surface area contributed by atoms with Crippen molar-refractivity contribution in [2.75, 3.05) is 11.5 Å². The van der Waals surface area contributed by atoms with E-state index in [1.807, 2.05) is 28.9 Å². The fourth-order valence-corrected chi connectivity index (χ4v) is 3.40. The minimum atomic E-state index is 0.258. The van der Waals surface area contributed by atoms with Crippen molar-refractivity contribution in [2.45, 2.75) is 11.8 Å². The van der Waals surface area contributed by atoms with Gasteiger partial charge in [0.2, 0.25) is 5.91 Å². The van der Waals surface area contributed by atoms with E-state index in [9.17, 15) is 4.79 Å². The quantitative estimate of drug-likeness (QED) is 0.528. The lowest BCUT2D eigenvalue weighted by atomic mass is 10.2. The van der Waals surface area contributed by atoms with Crippen LogP contribution in [0, 0.1) is 0 Å². The van der Waals surface area contributed by atoms with E-state index in [1.54, 1.807) is 11.8 Å². The lowest BCUT2D eigenvalue weighted by Gasteiger charge is -2.40. The van der Waals surface area contributed by atoms with Gasteiger partial charge in [-0.05, 0) is 0 Å². The van der Waals surface area contributed by atoms with Gasteiger partial charge in [-0.3, -0.25) is 4.79 Å². The second-order valence-corrected chi connectivity index (χ2v) is 5.28. The molecule has 1 fully saturated rings. The van der Waals surface area contributed by atoms with Gasteiger partial charge < -0.3 is 4.90 Å². The number of rotatable bonds is 3. The average molecular weight is 213 g/mol. The molecule has 2 nitrogen and oxygen atoms in total. The van der Waals surface area contributed by atoms with Crippen LogP contribution >= 0.6 is 23.5 Å². The van der Waals surface area contributed by atoms with E-state index < -0.39 is 0 Å². The third kappa shape index (κ3) is 1.79. The number of β-lactam (4-membered cyclic amide) rings is 1. The first-order valence-electron chi connectivity index (χ1n) is 4.18. The van der Waals surface area contributed by atoms with Gasteiger partial charge in [-0.1, -0.05) is 6.08 Å². The van der Waals surface area contributed by atoms with E-state index in [1.165, 1.54) is 4.91 Å². The Labute approximate surface area is 86.4 Å². The van der Waals surface area contributed by atoms with Crippen molar-refractivity contribution >= 4 is 29.4 Å². The van der Waals surface area contributed by atoms with Crippen molar-refractivity contribution in [3.63, 3.8) is 0 Å². The van der Waals surface area contributed by atoms with Gasteiger partial charge in [0, 0.05) is 22.6 Å². The Morgan fingerprint density at radius 2 is 2.69 bits per heavy atom. The van der Waals surface area contributed by atoms with Crippen LogP contribution in [0.5, 0.6) is 0 Å². The van der Waals surface area contributed by atoms with E-state index in [4.69, 9.17) is 0 Å². The lowest BCUT2D eigenvalue weighted by molar-refractivity contribution is -0.137. The molecular formula is C9H11NOS2. The molecule has 0 spiro atoms. The second kappa shape index (κ2) is 3.80. The van der Waals surface area contributed by atoms with Gasteiger partial charge in [0.25, 0.3) is 0 Å². The van der Waals surface area contributed by atoms with Crippen LogP contribution in [-0.2, 0) is 4.79 Å². The van der Waals surface area contributed by atoms with Crippen LogP contribution in [0.15, 0.2) is 23.8 Å². The maximum Gasteiger partial charge on any atom is 0.230 e. The van der Waals surface area contributed by atoms with E-state index in [0.717, 1.165) is 17.9 Å². The van der Waals surface area contributed by atoms with Crippen LogP contribution in [0.4, 0.5) is 0 Å². The maximum atomic E-state index is 11.1. The summed E-state index contributed by atoms with van der Waals surface area (Å²) in [5.74, 6) is 2.24. The highest BCUT2D eigenvalue weighted by Gasteiger charge is 2.37. The molecule has 2 rings (SSSR count). The first-order chi connectivity index (χ1) is 6.31. The molecule has 0 aromatic heterocycles. The largest absolute Gasteiger partial charge is 0.305 e. The van der Waals surface area contributed by atoms with Crippen molar-refractivity contribution < 1.29 is 4.79 Å². The second-order valence-electron chi connectivity index (χ2n) is 2.97. The highest BCUT2D eigenvalue weighted by molar-refractivity contribution is 8.06. The molecule has 2 aliphatic rings. The van der Waals surface area contributed by atoms with Crippen molar-refractivity contribution in [1.82, 2.24) is 4.90 Å². The van der Waals surface area contributed by atoms with Gasteiger partial charge in [0.15, 0.2) is 0 Å². The van der Waals surface area contributed by atoms with Crippen molar-refractivity contribution in [1.29, 1.82) is 0 Å². The third-order valence-electron chi connectivity index (χ3n) is 2.04. The number of carbonyl (C=O) groups is 1. The minimum absolute atomic E-state index is 0.258. The summed E-state index contributed by atoms with van der Waals surface area (Å²) >= 11 is 3.62. The van der Waals surface area contributed by atoms with Gasteiger partial charge in [-0.2, -0.15) is 0 Å². The van der Waals surface area contributed by atoms with Crippen LogP contribution in [0.1, 0.15) is 6.42 Å². The number of hydrogen-bond acceptors (Lipinski definition) is 3. The van der Waals surface area contributed by atoms with Crippen LogP contribution in [-0.4, -0.2) is 27.7 Å². The number of carbonyl (C=O) groups excluding carboxylic acids is 1.